The molecular weight excluding hydrogens is 505 g/mol. The van der Waals surface area contributed by atoms with E-state index in [2.05, 4.69) is 0 Å². The van der Waals surface area contributed by atoms with Crippen LogP contribution in [-0.2, 0) is 51.2 Å². The van der Waals surface area contributed by atoms with Crippen LogP contribution in [0.1, 0.15) is 0 Å². The van der Waals surface area contributed by atoms with E-state index in [1.807, 2.05) is 0 Å². The lowest BCUT2D eigenvalue weighted by atomic mass is 11.8. The van der Waals surface area contributed by atoms with E-state index < -0.39 is 52.8 Å². The van der Waals surface area contributed by atoms with Crippen LogP contribution in [0.3, 0.4) is 0 Å². The molecule has 18 heteroatoms. The lowest BCUT2D eigenvalue weighted by Gasteiger charge is -2.45. The Bertz CT molecular complexity index is 434. The maximum absolute atomic E-state index is 6.24. The van der Waals surface area contributed by atoms with E-state index in [1.54, 1.807) is 39.3 Å². The average molecular weight is 541 g/mol. The average Bonchev–Trinajstić information content (AvgIpc) is 2.66. The number of hydrogen-bond donors (Lipinski definition) is 0. The lowest BCUT2D eigenvalue weighted by Crippen LogP contribution is -2.69. The lowest BCUT2D eigenvalue weighted by molar-refractivity contribution is 0.0491. The molecule has 1 aliphatic heterocycles. The third-order valence-electron chi connectivity index (χ3n) is 4.45. The predicted octanol–water partition coefficient (Wildman–Crippen LogP) is 1.39. The van der Waals surface area contributed by atoms with Crippen LogP contribution in [0.5, 0.6) is 0 Å². The second kappa shape index (κ2) is 10.4. The van der Waals surface area contributed by atoms with Gasteiger partial charge in [-0.2, -0.15) is 0 Å². The summed E-state index contributed by atoms with van der Waals surface area (Å²) >= 11 is 0. The second-order valence-corrected chi connectivity index (χ2v) is 24.7. The highest BCUT2D eigenvalue weighted by Crippen LogP contribution is 2.32. The molecule has 0 spiro atoms. The summed E-state index contributed by atoms with van der Waals surface area (Å²) in [6.07, 6.45) is 0. The minimum absolute atomic E-state index is 1.48. The number of rotatable bonds is 6. The monoisotopic (exact) mass is 540 g/mol. The van der Waals surface area contributed by atoms with Crippen LogP contribution in [0.25, 0.3) is 0 Å². The quantitative estimate of drug-likeness (QED) is 0.454. The molecule has 1 rings (SSSR count). The van der Waals surface area contributed by atoms with Crippen LogP contribution in [0.4, 0.5) is 0 Å². The minimum Gasteiger partial charge on any atom is -0.378 e. The van der Waals surface area contributed by atoms with Crippen molar-refractivity contribution in [3.63, 3.8) is 0 Å². The summed E-state index contributed by atoms with van der Waals surface area (Å²) in [6, 6.07) is 0. The van der Waals surface area contributed by atoms with Crippen LogP contribution in [0.2, 0.25) is 39.3 Å². The molecule has 1 heterocycles. The zero-order valence-corrected chi connectivity index (χ0v) is 25.9. The Labute approximate surface area is 186 Å². The van der Waals surface area contributed by atoms with Gasteiger partial charge < -0.3 is 51.2 Å². The molecule has 1 aliphatic rings. The van der Waals surface area contributed by atoms with Crippen molar-refractivity contribution in [2.24, 2.45) is 0 Å². The molecule has 0 aromatic carbocycles. The molecule has 180 valence electrons. The zero-order valence-electron chi connectivity index (χ0n) is 19.9. The van der Waals surface area contributed by atoms with Gasteiger partial charge in [-0.25, -0.2) is 0 Å². The molecular formula is C12H36O12Si6. The first kappa shape index (κ1) is 28.9. The first-order valence-electron chi connectivity index (χ1n) is 9.12. The third kappa shape index (κ3) is 7.42. The highest BCUT2D eigenvalue weighted by atomic mass is 28.6. The molecule has 0 saturated carbocycles. The first-order chi connectivity index (χ1) is 13.6. The van der Waals surface area contributed by atoms with Crippen LogP contribution >= 0.6 is 0 Å². The van der Waals surface area contributed by atoms with Gasteiger partial charge in [0.15, 0.2) is 0 Å². The van der Waals surface area contributed by atoms with Crippen LogP contribution in [0, 0.1) is 0 Å². The largest absolute Gasteiger partial charge is 0.482 e. The maximum Gasteiger partial charge on any atom is 0.482 e. The summed E-state index contributed by atoms with van der Waals surface area (Å²) in [5, 5.41) is 0. The standard InChI is InChI=1S/C12H36O12Si6/c1-13-25(7)19-26(8,14-2)21-28(10,16-4)23-30(12,18-6)24-29(11,17-5)22-27(9,15-3)20-25/h1-12H3. The molecule has 0 bridgehead atoms. The summed E-state index contributed by atoms with van der Waals surface area (Å²) < 4.78 is 71.3. The Balaban J connectivity index is 3.59. The van der Waals surface area contributed by atoms with Crippen molar-refractivity contribution in [2.75, 3.05) is 42.7 Å². The van der Waals surface area contributed by atoms with Crippen molar-refractivity contribution >= 4 is 52.8 Å². The smallest absolute Gasteiger partial charge is 0.378 e. The fraction of sp³-hybridized carbons (Fsp3) is 1.00. The van der Waals surface area contributed by atoms with Gasteiger partial charge in [0.05, 0.1) is 0 Å². The summed E-state index contributed by atoms with van der Waals surface area (Å²) in [5.74, 6) is 0. The van der Waals surface area contributed by atoms with Gasteiger partial charge in [0.2, 0.25) is 0 Å². The van der Waals surface area contributed by atoms with Gasteiger partial charge in [0.25, 0.3) is 0 Å². The van der Waals surface area contributed by atoms with Gasteiger partial charge >= 0.3 is 52.8 Å². The Morgan fingerprint density at radius 2 is 0.400 bits per heavy atom. The summed E-state index contributed by atoms with van der Waals surface area (Å²) in [4.78, 5) is 0. The summed E-state index contributed by atoms with van der Waals surface area (Å²) in [6.45, 7) is 10.2. The van der Waals surface area contributed by atoms with Crippen LogP contribution in [0.15, 0.2) is 0 Å². The SMILES string of the molecule is CO[Si]1(C)O[Si](C)(OC)O[Si](C)(OC)O[Si](C)(OC)O[Si](C)(OC)O[Si](C)(OC)O1. The van der Waals surface area contributed by atoms with Gasteiger partial charge in [-0.3, -0.25) is 0 Å². The molecule has 12 nitrogen and oxygen atoms in total. The highest BCUT2D eigenvalue weighted by Gasteiger charge is 2.62. The van der Waals surface area contributed by atoms with Crippen molar-refractivity contribution in [3.05, 3.63) is 0 Å². The fourth-order valence-corrected chi connectivity index (χ4v) is 26.1. The van der Waals surface area contributed by atoms with Gasteiger partial charge in [0, 0.05) is 81.9 Å². The normalized spacial score (nSPS) is 46.8. The Morgan fingerprint density at radius 1 is 0.300 bits per heavy atom. The minimum atomic E-state index is -3.37. The van der Waals surface area contributed by atoms with Gasteiger partial charge in [0.1, 0.15) is 0 Å². The molecule has 0 atom stereocenters. The van der Waals surface area contributed by atoms with Crippen molar-refractivity contribution in [2.45, 2.75) is 39.3 Å². The molecule has 0 radical (unpaired) electrons. The van der Waals surface area contributed by atoms with E-state index in [0.717, 1.165) is 0 Å². The van der Waals surface area contributed by atoms with Crippen LogP contribution < -0.4 is 0 Å². The Hall–Kier alpha value is 0.821. The van der Waals surface area contributed by atoms with E-state index in [-0.39, 0.29) is 0 Å². The number of hydrogen-bond acceptors (Lipinski definition) is 12. The van der Waals surface area contributed by atoms with Crippen LogP contribution in [-0.4, -0.2) is 95.5 Å². The summed E-state index contributed by atoms with van der Waals surface area (Å²) in [7, 11) is -11.3. The fourth-order valence-electron chi connectivity index (χ4n) is 2.65. The van der Waals surface area contributed by atoms with E-state index in [9.17, 15) is 0 Å². The van der Waals surface area contributed by atoms with Crippen molar-refractivity contribution < 1.29 is 51.2 Å². The van der Waals surface area contributed by atoms with Gasteiger partial charge in [-0.1, -0.05) is 0 Å². The first-order valence-corrected chi connectivity index (χ1v) is 22.5. The highest BCUT2D eigenvalue weighted by molar-refractivity contribution is 6.88. The van der Waals surface area contributed by atoms with Crippen molar-refractivity contribution in [3.8, 4) is 0 Å². The Morgan fingerprint density at radius 3 is 0.467 bits per heavy atom. The van der Waals surface area contributed by atoms with Gasteiger partial charge in [-0.05, 0) is 0 Å². The van der Waals surface area contributed by atoms with Crippen molar-refractivity contribution in [1.82, 2.24) is 0 Å². The predicted molar refractivity (Wildman–Crippen MR) is 118 cm³/mol. The molecule has 0 aliphatic carbocycles. The van der Waals surface area contributed by atoms with Gasteiger partial charge in [-0.15, -0.1) is 0 Å². The molecule has 0 unspecified atom stereocenters. The zero-order chi connectivity index (χ0) is 23.5. The molecule has 1 fully saturated rings. The van der Waals surface area contributed by atoms with E-state index in [0.29, 0.717) is 0 Å². The molecule has 1 saturated heterocycles. The molecule has 0 N–H and O–H groups in total. The van der Waals surface area contributed by atoms with E-state index in [4.69, 9.17) is 51.2 Å². The molecule has 30 heavy (non-hydrogen) atoms. The molecule has 0 aromatic rings. The van der Waals surface area contributed by atoms with E-state index >= 15 is 0 Å². The second-order valence-electron chi connectivity index (χ2n) is 7.01. The molecule has 0 aromatic heterocycles. The summed E-state index contributed by atoms with van der Waals surface area (Å²) in [5.41, 5.74) is 0. The molecule has 0 amide bonds. The Kier molecular flexibility index (Phi) is 10.00. The topological polar surface area (TPSA) is 111 Å². The third-order valence-corrected chi connectivity index (χ3v) is 26.7. The maximum atomic E-state index is 6.24. The van der Waals surface area contributed by atoms with E-state index in [1.165, 1.54) is 42.7 Å². The van der Waals surface area contributed by atoms with Crippen molar-refractivity contribution in [1.29, 1.82) is 0 Å².